The number of amides is 2. The van der Waals surface area contributed by atoms with E-state index in [9.17, 15) is 9.59 Å². The van der Waals surface area contributed by atoms with Gasteiger partial charge in [-0.1, -0.05) is 29.8 Å². The first-order valence-corrected chi connectivity index (χ1v) is 8.63. The minimum atomic E-state index is -0.530. The number of thioether (sulfide) groups is 1. The molecule has 2 aromatic rings. The molecule has 2 amide bonds. The van der Waals surface area contributed by atoms with Crippen LogP contribution in [0.3, 0.4) is 0 Å². The Morgan fingerprint density at radius 3 is 2.58 bits per heavy atom. The van der Waals surface area contributed by atoms with Crippen LogP contribution in [0.2, 0.25) is 0 Å². The first-order valence-electron chi connectivity index (χ1n) is 7.47. The molecule has 0 aromatic heterocycles. The Morgan fingerprint density at radius 2 is 1.92 bits per heavy atom. The molecule has 0 atom stereocenters. The number of hydrogen-bond donors (Lipinski definition) is 2. The average molecular weight is 344 g/mol. The summed E-state index contributed by atoms with van der Waals surface area (Å²) in [6.07, 6.45) is 0. The number of ether oxygens (including phenoxy) is 1. The predicted molar refractivity (Wildman–Crippen MR) is 97.1 cm³/mol. The summed E-state index contributed by atoms with van der Waals surface area (Å²) in [5, 5.41) is 2.82. The Labute approximate surface area is 145 Å². The number of nitrogens with one attached hydrogen (secondary N) is 1. The fourth-order valence-electron chi connectivity index (χ4n) is 2.05. The van der Waals surface area contributed by atoms with Crippen molar-refractivity contribution in [3.05, 3.63) is 59.7 Å². The molecule has 0 aliphatic rings. The van der Waals surface area contributed by atoms with Gasteiger partial charge >= 0.3 is 0 Å². The van der Waals surface area contributed by atoms with Crippen LogP contribution < -0.4 is 15.8 Å². The lowest BCUT2D eigenvalue weighted by Gasteiger charge is -2.07. The number of primary amides is 1. The van der Waals surface area contributed by atoms with E-state index < -0.39 is 5.91 Å². The van der Waals surface area contributed by atoms with Crippen LogP contribution in [0.15, 0.2) is 48.5 Å². The Hall–Kier alpha value is -2.47. The van der Waals surface area contributed by atoms with Crippen LogP contribution in [0.1, 0.15) is 11.1 Å². The Morgan fingerprint density at radius 1 is 1.17 bits per heavy atom. The number of benzene rings is 2. The van der Waals surface area contributed by atoms with Crippen LogP contribution in [0.4, 0.5) is 5.69 Å². The fourth-order valence-corrected chi connectivity index (χ4v) is 2.82. The maximum absolute atomic E-state index is 11.9. The lowest BCUT2D eigenvalue weighted by atomic mass is 10.2. The van der Waals surface area contributed by atoms with Gasteiger partial charge in [-0.2, -0.15) is 0 Å². The van der Waals surface area contributed by atoms with Crippen LogP contribution in [0.5, 0.6) is 5.75 Å². The molecule has 3 N–H and O–H groups in total. The molecular weight excluding hydrogens is 324 g/mol. The molecule has 0 radical (unpaired) electrons. The molecule has 0 fully saturated rings. The molecule has 5 nitrogen and oxygen atoms in total. The highest BCUT2D eigenvalue weighted by molar-refractivity contribution is 7.99. The van der Waals surface area contributed by atoms with Crippen molar-refractivity contribution >= 4 is 29.3 Å². The molecule has 0 saturated heterocycles. The van der Waals surface area contributed by atoms with E-state index in [-0.39, 0.29) is 12.5 Å². The molecule has 0 bridgehead atoms. The van der Waals surface area contributed by atoms with E-state index in [1.165, 1.54) is 11.1 Å². The summed E-state index contributed by atoms with van der Waals surface area (Å²) in [5.74, 6) is 1.13. The minimum absolute atomic E-state index is 0.0570. The van der Waals surface area contributed by atoms with Crippen molar-refractivity contribution in [3.63, 3.8) is 0 Å². The molecule has 0 aliphatic carbocycles. The maximum Gasteiger partial charge on any atom is 0.255 e. The molecule has 0 aliphatic heterocycles. The monoisotopic (exact) mass is 344 g/mol. The van der Waals surface area contributed by atoms with E-state index in [2.05, 4.69) is 30.4 Å². The predicted octanol–water partition coefficient (Wildman–Crippen LogP) is 2.73. The third kappa shape index (κ3) is 6.34. The average Bonchev–Trinajstić information content (AvgIpc) is 2.54. The van der Waals surface area contributed by atoms with E-state index in [1.54, 1.807) is 36.0 Å². The second-order valence-corrected chi connectivity index (χ2v) is 6.29. The third-order valence-corrected chi connectivity index (χ3v) is 4.11. The summed E-state index contributed by atoms with van der Waals surface area (Å²) in [4.78, 5) is 22.6. The van der Waals surface area contributed by atoms with Gasteiger partial charge in [-0.05, 0) is 36.8 Å². The van der Waals surface area contributed by atoms with Crippen molar-refractivity contribution in [2.75, 3.05) is 17.7 Å². The highest BCUT2D eigenvalue weighted by Gasteiger charge is 2.04. The van der Waals surface area contributed by atoms with Crippen LogP contribution in [0.25, 0.3) is 0 Å². The van der Waals surface area contributed by atoms with Gasteiger partial charge in [-0.25, -0.2) is 0 Å². The summed E-state index contributed by atoms with van der Waals surface area (Å²) in [7, 11) is 0. The van der Waals surface area contributed by atoms with Crippen molar-refractivity contribution in [1.82, 2.24) is 0 Å². The molecule has 0 spiro atoms. The zero-order chi connectivity index (χ0) is 17.4. The number of carbonyl (C=O) groups is 2. The van der Waals surface area contributed by atoms with E-state index in [0.717, 1.165) is 5.75 Å². The minimum Gasteiger partial charge on any atom is -0.484 e. The quantitative estimate of drug-likeness (QED) is 0.771. The maximum atomic E-state index is 11.9. The largest absolute Gasteiger partial charge is 0.484 e. The molecule has 24 heavy (non-hydrogen) atoms. The summed E-state index contributed by atoms with van der Waals surface area (Å²) in [6, 6.07) is 15.1. The van der Waals surface area contributed by atoms with Crippen molar-refractivity contribution in [1.29, 1.82) is 0 Å². The standard InChI is InChI=1S/C18H20N2O3S/c1-13-3-2-4-14(9-13)11-24-12-18(22)20-15-5-7-16(8-6-15)23-10-17(19)21/h2-9H,10-12H2,1H3,(H2,19,21)(H,20,22). The SMILES string of the molecule is Cc1cccc(CSCC(=O)Nc2ccc(OCC(N)=O)cc2)c1. The molecule has 126 valence electrons. The van der Waals surface area contributed by atoms with Crippen LogP contribution in [-0.2, 0) is 15.3 Å². The van der Waals surface area contributed by atoms with Gasteiger partial charge in [0.1, 0.15) is 5.75 Å². The smallest absolute Gasteiger partial charge is 0.255 e. The van der Waals surface area contributed by atoms with Crippen molar-refractivity contribution in [2.24, 2.45) is 5.73 Å². The van der Waals surface area contributed by atoms with Gasteiger partial charge in [0.05, 0.1) is 5.75 Å². The van der Waals surface area contributed by atoms with Gasteiger partial charge in [0.15, 0.2) is 6.61 Å². The van der Waals surface area contributed by atoms with Crippen LogP contribution in [-0.4, -0.2) is 24.2 Å². The van der Waals surface area contributed by atoms with Crippen molar-refractivity contribution < 1.29 is 14.3 Å². The number of anilines is 1. The zero-order valence-electron chi connectivity index (χ0n) is 13.5. The van der Waals surface area contributed by atoms with Crippen molar-refractivity contribution in [2.45, 2.75) is 12.7 Å². The van der Waals surface area contributed by atoms with E-state index in [1.807, 2.05) is 6.07 Å². The lowest BCUT2D eigenvalue weighted by Crippen LogP contribution is -2.20. The van der Waals surface area contributed by atoms with Crippen LogP contribution >= 0.6 is 11.8 Å². The number of carbonyl (C=O) groups excluding carboxylic acids is 2. The number of rotatable bonds is 8. The molecule has 2 rings (SSSR count). The second kappa shape index (κ2) is 8.98. The molecule has 0 heterocycles. The van der Waals surface area contributed by atoms with E-state index in [4.69, 9.17) is 10.5 Å². The van der Waals surface area contributed by atoms with Gasteiger partial charge in [0, 0.05) is 11.4 Å². The Kier molecular flexibility index (Phi) is 6.69. The van der Waals surface area contributed by atoms with Crippen LogP contribution in [0, 0.1) is 6.92 Å². The molecule has 0 saturated carbocycles. The number of nitrogens with two attached hydrogens (primary N) is 1. The topological polar surface area (TPSA) is 81.4 Å². The highest BCUT2D eigenvalue weighted by Crippen LogP contribution is 2.17. The summed E-state index contributed by atoms with van der Waals surface area (Å²) < 4.78 is 5.16. The first-order chi connectivity index (χ1) is 11.5. The van der Waals surface area contributed by atoms with Gasteiger partial charge in [-0.15, -0.1) is 11.8 Å². The van der Waals surface area contributed by atoms with Crippen molar-refractivity contribution in [3.8, 4) is 5.75 Å². The third-order valence-electron chi connectivity index (χ3n) is 3.10. The highest BCUT2D eigenvalue weighted by atomic mass is 32.2. The van der Waals surface area contributed by atoms with E-state index in [0.29, 0.717) is 17.2 Å². The van der Waals surface area contributed by atoms with Gasteiger partial charge in [0.25, 0.3) is 5.91 Å². The van der Waals surface area contributed by atoms with Gasteiger partial charge in [0.2, 0.25) is 5.91 Å². The Balaban J connectivity index is 1.74. The molecule has 0 unspecified atom stereocenters. The molecular formula is C18H20N2O3S. The summed E-state index contributed by atoms with van der Waals surface area (Å²) in [5.41, 5.74) is 8.12. The molecule has 2 aromatic carbocycles. The zero-order valence-corrected chi connectivity index (χ0v) is 14.3. The van der Waals surface area contributed by atoms with E-state index >= 15 is 0 Å². The fraction of sp³-hybridized carbons (Fsp3) is 0.222. The second-order valence-electron chi connectivity index (χ2n) is 5.31. The van der Waals surface area contributed by atoms with Gasteiger partial charge in [-0.3, -0.25) is 9.59 Å². The normalized spacial score (nSPS) is 10.2. The Bertz CT molecular complexity index is 702. The lowest BCUT2D eigenvalue weighted by molar-refractivity contribution is -0.120. The summed E-state index contributed by atoms with van der Waals surface area (Å²) >= 11 is 1.57. The molecule has 6 heteroatoms. The number of hydrogen-bond acceptors (Lipinski definition) is 4. The first kappa shape index (κ1) is 17.9. The summed E-state index contributed by atoms with van der Waals surface area (Å²) in [6.45, 7) is 1.89. The van der Waals surface area contributed by atoms with Gasteiger partial charge < -0.3 is 15.8 Å². The number of aryl methyl sites for hydroxylation is 1.